The summed E-state index contributed by atoms with van der Waals surface area (Å²) in [5.41, 5.74) is 0. The van der Waals surface area contributed by atoms with Gasteiger partial charge in [0.1, 0.15) is 0 Å². The second kappa shape index (κ2) is 4.23. The van der Waals surface area contributed by atoms with E-state index in [0.717, 1.165) is 0 Å². The molecule has 0 bridgehead atoms. The number of rotatable bonds is 2. The van der Waals surface area contributed by atoms with E-state index < -0.39 is 6.10 Å². The molecule has 1 aliphatic rings. The van der Waals surface area contributed by atoms with Crippen molar-refractivity contribution in [3.05, 3.63) is 0 Å². The Bertz CT molecular complexity index is 215. The molecule has 2 amide bonds. The van der Waals surface area contributed by atoms with Crippen molar-refractivity contribution >= 4 is 11.8 Å². The van der Waals surface area contributed by atoms with E-state index in [-0.39, 0.29) is 24.8 Å². The summed E-state index contributed by atoms with van der Waals surface area (Å²) in [5, 5.41) is 11.6. The van der Waals surface area contributed by atoms with Crippen LogP contribution in [0.25, 0.3) is 0 Å². The van der Waals surface area contributed by atoms with Crippen LogP contribution in [0.1, 0.15) is 13.3 Å². The lowest BCUT2D eigenvalue weighted by molar-refractivity contribution is -0.139. The highest BCUT2D eigenvalue weighted by Crippen LogP contribution is 2.00. The van der Waals surface area contributed by atoms with Gasteiger partial charge in [0.05, 0.1) is 19.1 Å². The van der Waals surface area contributed by atoms with Crippen molar-refractivity contribution in [3.8, 4) is 0 Å². The highest BCUT2D eigenvalue weighted by molar-refractivity contribution is 5.86. The van der Waals surface area contributed by atoms with Crippen molar-refractivity contribution in [1.82, 2.24) is 10.2 Å². The molecule has 2 N–H and O–H groups in total. The SMILES string of the molecule is CC(O)CC(=O)N1CCNC(=O)C1. The van der Waals surface area contributed by atoms with Gasteiger partial charge in [-0.15, -0.1) is 0 Å². The van der Waals surface area contributed by atoms with Crippen molar-refractivity contribution in [2.24, 2.45) is 0 Å². The lowest BCUT2D eigenvalue weighted by Gasteiger charge is -2.27. The Balaban J connectivity index is 2.41. The fourth-order valence-electron chi connectivity index (χ4n) is 1.23. The van der Waals surface area contributed by atoms with Crippen LogP contribution in [0.5, 0.6) is 0 Å². The molecule has 13 heavy (non-hydrogen) atoms. The molecule has 1 heterocycles. The predicted molar refractivity (Wildman–Crippen MR) is 45.9 cm³/mol. The summed E-state index contributed by atoms with van der Waals surface area (Å²) in [6, 6.07) is 0. The summed E-state index contributed by atoms with van der Waals surface area (Å²) in [5.74, 6) is -0.296. The Morgan fingerprint density at radius 1 is 1.77 bits per heavy atom. The maximum Gasteiger partial charge on any atom is 0.239 e. The third-order valence-corrected chi connectivity index (χ3v) is 1.86. The number of nitrogens with one attached hydrogen (secondary N) is 1. The fourth-order valence-corrected chi connectivity index (χ4v) is 1.23. The lowest BCUT2D eigenvalue weighted by Crippen LogP contribution is -2.50. The minimum Gasteiger partial charge on any atom is -0.393 e. The van der Waals surface area contributed by atoms with E-state index in [4.69, 9.17) is 5.11 Å². The molecule has 1 saturated heterocycles. The molecular formula is C8H14N2O3. The molecule has 1 fully saturated rings. The van der Waals surface area contributed by atoms with Crippen LogP contribution in [-0.2, 0) is 9.59 Å². The third-order valence-electron chi connectivity index (χ3n) is 1.86. The van der Waals surface area contributed by atoms with Gasteiger partial charge in [0.25, 0.3) is 0 Å². The minimum atomic E-state index is -0.641. The van der Waals surface area contributed by atoms with E-state index >= 15 is 0 Å². The van der Waals surface area contributed by atoms with Crippen LogP contribution in [0.4, 0.5) is 0 Å². The summed E-state index contributed by atoms with van der Waals surface area (Å²) in [7, 11) is 0. The van der Waals surface area contributed by atoms with Gasteiger partial charge in [0.2, 0.25) is 11.8 Å². The maximum absolute atomic E-state index is 11.3. The second-order valence-corrected chi connectivity index (χ2v) is 3.22. The Kier molecular flexibility index (Phi) is 3.25. The predicted octanol–water partition coefficient (Wildman–Crippen LogP) is -1.28. The number of amides is 2. The van der Waals surface area contributed by atoms with Gasteiger partial charge >= 0.3 is 0 Å². The Labute approximate surface area is 76.7 Å². The first-order valence-corrected chi connectivity index (χ1v) is 4.32. The Morgan fingerprint density at radius 2 is 2.46 bits per heavy atom. The average Bonchev–Trinajstić information content (AvgIpc) is 2.03. The number of piperazine rings is 1. The average molecular weight is 186 g/mol. The topological polar surface area (TPSA) is 69.6 Å². The molecule has 1 rings (SSSR count). The van der Waals surface area contributed by atoms with E-state index in [2.05, 4.69) is 5.32 Å². The zero-order valence-corrected chi connectivity index (χ0v) is 7.62. The third kappa shape index (κ3) is 3.02. The molecule has 1 unspecified atom stereocenters. The first kappa shape index (κ1) is 9.98. The Morgan fingerprint density at radius 3 is 3.00 bits per heavy atom. The first-order chi connectivity index (χ1) is 6.09. The molecule has 0 aromatic carbocycles. The van der Waals surface area contributed by atoms with E-state index in [0.29, 0.717) is 13.1 Å². The number of hydrogen-bond donors (Lipinski definition) is 2. The molecule has 0 aromatic rings. The molecule has 0 radical (unpaired) electrons. The molecule has 1 atom stereocenters. The molecule has 0 spiro atoms. The van der Waals surface area contributed by atoms with Gasteiger partial charge in [0.15, 0.2) is 0 Å². The van der Waals surface area contributed by atoms with Gasteiger partial charge in [-0.3, -0.25) is 9.59 Å². The monoisotopic (exact) mass is 186 g/mol. The number of hydrogen-bond acceptors (Lipinski definition) is 3. The van der Waals surface area contributed by atoms with Crippen molar-refractivity contribution < 1.29 is 14.7 Å². The van der Waals surface area contributed by atoms with Crippen LogP contribution < -0.4 is 5.32 Å². The molecular weight excluding hydrogens is 172 g/mol. The summed E-state index contributed by atoms with van der Waals surface area (Å²) in [6.45, 7) is 2.72. The molecule has 5 nitrogen and oxygen atoms in total. The smallest absolute Gasteiger partial charge is 0.239 e. The molecule has 74 valence electrons. The molecule has 0 aromatic heterocycles. The van der Waals surface area contributed by atoms with Crippen LogP contribution >= 0.6 is 0 Å². The largest absolute Gasteiger partial charge is 0.393 e. The van der Waals surface area contributed by atoms with Gasteiger partial charge in [-0.2, -0.15) is 0 Å². The zero-order valence-electron chi connectivity index (χ0n) is 7.62. The van der Waals surface area contributed by atoms with Crippen molar-refractivity contribution in [1.29, 1.82) is 0 Å². The Hall–Kier alpha value is -1.10. The first-order valence-electron chi connectivity index (χ1n) is 4.32. The van der Waals surface area contributed by atoms with Crippen LogP contribution in [0, 0.1) is 0 Å². The number of nitrogens with zero attached hydrogens (tertiary/aromatic N) is 1. The quantitative estimate of drug-likeness (QED) is 0.564. The van der Waals surface area contributed by atoms with E-state index in [1.807, 2.05) is 0 Å². The standard InChI is InChI=1S/C8H14N2O3/c1-6(11)4-8(13)10-3-2-9-7(12)5-10/h6,11H,2-5H2,1H3,(H,9,12). The van der Waals surface area contributed by atoms with E-state index in [9.17, 15) is 9.59 Å². The maximum atomic E-state index is 11.3. The number of carbonyl (C=O) groups excluding carboxylic acids is 2. The number of aliphatic hydroxyl groups is 1. The van der Waals surface area contributed by atoms with Crippen LogP contribution in [0.3, 0.4) is 0 Å². The van der Waals surface area contributed by atoms with Crippen LogP contribution in [0.15, 0.2) is 0 Å². The van der Waals surface area contributed by atoms with Crippen molar-refractivity contribution in [2.45, 2.75) is 19.4 Å². The minimum absolute atomic E-state index is 0.0906. The summed E-state index contributed by atoms with van der Waals surface area (Å²) < 4.78 is 0. The van der Waals surface area contributed by atoms with Gasteiger partial charge in [-0.1, -0.05) is 0 Å². The van der Waals surface area contributed by atoms with Gasteiger partial charge in [0, 0.05) is 13.1 Å². The number of aliphatic hydroxyl groups excluding tert-OH is 1. The molecule has 5 heteroatoms. The molecule has 0 saturated carbocycles. The van der Waals surface area contributed by atoms with Gasteiger partial charge < -0.3 is 15.3 Å². The second-order valence-electron chi connectivity index (χ2n) is 3.22. The van der Waals surface area contributed by atoms with E-state index in [1.165, 1.54) is 4.90 Å². The fraction of sp³-hybridized carbons (Fsp3) is 0.750. The summed E-state index contributed by atoms with van der Waals surface area (Å²) in [4.78, 5) is 23.7. The lowest BCUT2D eigenvalue weighted by atomic mass is 10.2. The summed E-state index contributed by atoms with van der Waals surface area (Å²) >= 11 is 0. The van der Waals surface area contributed by atoms with Gasteiger partial charge in [-0.25, -0.2) is 0 Å². The normalized spacial score (nSPS) is 19.5. The highest BCUT2D eigenvalue weighted by atomic mass is 16.3. The van der Waals surface area contributed by atoms with Crippen molar-refractivity contribution in [2.75, 3.05) is 19.6 Å². The van der Waals surface area contributed by atoms with Crippen LogP contribution in [-0.4, -0.2) is 47.6 Å². The summed E-state index contributed by atoms with van der Waals surface area (Å²) in [6.07, 6.45) is -0.551. The highest BCUT2D eigenvalue weighted by Gasteiger charge is 2.21. The number of carbonyl (C=O) groups is 2. The van der Waals surface area contributed by atoms with Crippen molar-refractivity contribution in [3.63, 3.8) is 0 Å². The van der Waals surface area contributed by atoms with Crippen LogP contribution in [0.2, 0.25) is 0 Å². The van der Waals surface area contributed by atoms with E-state index in [1.54, 1.807) is 6.92 Å². The molecule has 1 aliphatic heterocycles. The zero-order chi connectivity index (χ0) is 9.84. The molecule has 0 aliphatic carbocycles. The van der Waals surface area contributed by atoms with Gasteiger partial charge in [-0.05, 0) is 6.92 Å².